The van der Waals surface area contributed by atoms with Crippen LogP contribution in [-0.4, -0.2) is 36.4 Å². The van der Waals surface area contributed by atoms with Gasteiger partial charge in [0.25, 0.3) is 5.91 Å². The van der Waals surface area contributed by atoms with Crippen molar-refractivity contribution in [3.63, 3.8) is 0 Å². The third-order valence-electron chi connectivity index (χ3n) is 4.62. The molecule has 1 aliphatic heterocycles. The van der Waals surface area contributed by atoms with Crippen LogP contribution in [0, 0.1) is 6.92 Å². The number of hydrogen-bond acceptors (Lipinski definition) is 4. The molecule has 0 unspecified atom stereocenters. The number of sulfonamides is 1. The van der Waals surface area contributed by atoms with Crippen LogP contribution in [0.25, 0.3) is 5.69 Å². The van der Waals surface area contributed by atoms with Crippen molar-refractivity contribution >= 4 is 39.0 Å². The zero-order valence-electron chi connectivity index (χ0n) is 15.7. The van der Waals surface area contributed by atoms with Gasteiger partial charge in [0.15, 0.2) is 0 Å². The molecular weight excluding hydrogens is 412 g/mol. The van der Waals surface area contributed by atoms with Crippen molar-refractivity contribution in [3.8, 4) is 5.69 Å². The fraction of sp³-hybridized carbons (Fsp3) is 0.200. The normalized spacial score (nSPS) is 15.4. The molecule has 1 aromatic heterocycles. The van der Waals surface area contributed by atoms with Crippen LogP contribution in [0.15, 0.2) is 54.6 Å². The predicted octanol–water partition coefficient (Wildman–Crippen LogP) is 3.63. The monoisotopic (exact) mass is 430 g/mol. The van der Waals surface area contributed by atoms with E-state index < -0.39 is 10.0 Å². The lowest BCUT2D eigenvalue weighted by Crippen LogP contribution is -2.25. The second-order valence-corrected chi connectivity index (χ2v) is 9.26. The molecule has 0 saturated carbocycles. The zero-order valence-corrected chi connectivity index (χ0v) is 17.2. The third kappa shape index (κ3) is 3.99. The van der Waals surface area contributed by atoms with Crippen LogP contribution in [-0.2, 0) is 10.0 Å². The summed E-state index contributed by atoms with van der Waals surface area (Å²) in [6, 6.07) is 15.5. The zero-order chi connectivity index (χ0) is 20.6. The standard InChI is InChI=1S/C20H19ClN4O3S/c1-14-11-19(25(23-14)18-8-3-6-16(21)13-18)22-20(26)15-5-2-7-17(12-15)24-9-4-10-29(24,27)28/h2-3,5-8,11-13H,4,9-10H2,1H3,(H,22,26). The van der Waals surface area contributed by atoms with Crippen LogP contribution in [0.4, 0.5) is 11.5 Å². The van der Waals surface area contributed by atoms with Gasteiger partial charge in [-0.05, 0) is 49.7 Å². The molecule has 3 aromatic rings. The molecule has 0 spiro atoms. The molecule has 29 heavy (non-hydrogen) atoms. The highest BCUT2D eigenvalue weighted by Gasteiger charge is 2.28. The van der Waals surface area contributed by atoms with E-state index in [2.05, 4.69) is 10.4 Å². The number of benzene rings is 2. The largest absolute Gasteiger partial charge is 0.306 e. The summed E-state index contributed by atoms with van der Waals surface area (Å²) in [5.74, 6) is 0.266. The number of nitrogens with one attached hydrogen (secondary N) is 1. The van der Waals surface area contributed by atoms with Gasteiger partial charge in [0.2, 0.25) is 10.0 Å². The van der Waals surface area contributed by atoms with E-state index >= 15 is 0 Å². The summed E-state index contributed by atoms with van der Waals surface area (Å²) in [5.41, 5.74) is 2.31. The summed E-state index contributed by atoms with van der Waals surface area (Å²) < 4.78 is 27.3. The van der Waals surface area contributed by atoms with Crippen molar-refractivity contribution in [2.75, 3.05) is 21.9 Å². The molecule has 0 bridgehead atoms. The minimum atomic E-state index is -3.31. The Balaban J connectivity index is 1.62. The van der Waals surface area contributed by atoms with E-state index in [1.54, 1.807) is 53.2 Å². The van der Waals surface area contributed by atoms with Gasteiger partial charge in [-0.15, -0.1) is 0 Å². The maximum Gasteiger partial charge on any atom is 0.256 e. The van der Waals surface area contributed by atoms with Gasteiger partial charge in [-0.1, -0.05) is 23.7 Å². The average molecular weight is 431 g/mol. The summed E-state index contributed by atoms with van der Waals surface area (Å²) in [6.45, 7) is 2.25. The summed E-state index contributed by atoms with van der Waals surface area (Å²) >= 11 is 6.08. The molecular formula is C20H19ClN4O3S. The number of aromatic nitrogens is 2. The smallest absolute Gasteiger partial charge is 0.256 e. The van der Waals surface area contributed by atoms with E-state index in [0.29, 0.717) is 35.1 Å². The first-order valence-corrected chi connectivity index (χ1v) is 11.1. The molecule has 1 fully saturated rings. The highest BCUT2D eigenvalue weighted by molar-refractivity contribution is 7.93. The number of anilines is 2. The molecule has 2 heterocycles. The lowest BCUT2D eigenvalue weighted by Gasteiger charge is -2.17. The molecule has 1 saturated heterocycles. The topological polar surface area (TPSA) is 84.3 Å². The van der Waals surface area contributed by atoms with E-state index in [4.69, 9.17) is 11.6 Å². The van der Waals surface area contributed by atoms with E-state index in [1.807, 2.05) is 13.0 Å². The second-order valence-electron chi connectivity index (χ2n) is 6.81. The SMILES string of the molecule is Cc1cc(NC(=O)c2cccc(N3CCCS3(=O)=O)c2)n(-c2cccc(Cl)c2)n1. The van der Waals surface area contributed by atoms with E-state index in [-0.39, 0.29) is 11.7 Å². The van der Waals surface area contributed by atoms with Gasteiger partial charge in [0.1, 0.15) is 5.82 Å². The molecule has 9 heteroatoms. The summed E-state index contributed by atoms with van der Waals surface area (Å²) in [4.78, 5) is 12.9. The molecule has 0 atom stereocenters. The Morgan fingerprint density at radius 1 is 1.10 bits per heavy atom. The van der Waals surface area contributed by atoms with Crippen molar-refractivity contribution in [3.05, 3.63) is 70.9 Å². The van der Waals surface area contributed by atoms with Crippen LogP contribution in [0.3, 0.4) is 0 Å². The molecule has 1 N–H and O–H groups in total. The van der Waals surface area contributed by atoms with Crippen molar-refractivity contribution in [2.24, 2.45) is 0 Å². The number of nitrogens with zero attached hydrogens (tertiary/aromatic N) is 3. The Labute approximate surface area is 174 Å². The maximum atomic E-state index is 12.9. The van der Waals surface area contributed by atoms with Crippen molar-refractivity contribution in [1.29, 1.82) is 0 Å². The van der Waals surface area contributed by atoms with Gasteiger partial charge in [-0.2, -0.15) is 5.10 Å². The van der Waals surface area contributed by atoms with E-state index in [9.17, 15) is 13.2 Å². The van der Waals surface area contributed by atoms with Crippen LogP contribution in [0.5, 0.6) is 0 Å². The lowest BCUT2D eigenvalue weighted by atomic mass is 10.2. The third-order valence-corrected chi connectivity index (χ3v) is 6.73. The number of carbonyl (C=O) groups excluding carboxylic acids is 1. The van der Waals surface area contributed by atoms with Crippen LogP contribution < -0.4 is 9.62 Å². The number of halogens is 1. The number of aryl methyl sites for hydroxylation is 1. The Bertz CT molecular complexity index is 1190. The summed E-state index contributed by atoms with van der Waals surface area (Å²) in [5, 5.41) is 7.84. The van der Waals surface area contributed by atoms with Gasteiger partial charge < -0.3 is 5.32 Å². The molecule has 7 nitrogen and oxygen atoms in total. The summed E-state index contributed by atoms with van der Waals surface area (Å²) in [6.07, 6.45) is 0.580. The Morgan fingerprint density at radius 3 is 2.59 bits per heavy atom. The molecule has 150 valence electrons. The lowest BCUT2D eigenvalue weighted by molar-refractivity contribution is 0.102. The van der Waals surface area contributed by atoms with E-state index in [0.717, 1.165) is 11.4 Å². The Hall–Kier alpha value is -2.84. The van der Waals surface area contributed by atoms with Crippen molar-refractivity contribution < 1.29 is 13.2 Å². The number of rotatable bonds is 4. The predicted molar refractivity (Wildman–Crippen MR) is 113 cm³/mol. The van der Waals surface area contributed by atoms with Gasteiger partial charge in [0.05, 0.1) is 22.8 Å². The molecule has 4 rings (SSSR count). The first kappa shape index (κ1) is 19.5. The molecule has 0 aliphatic carbocycles. The average Bonchev–Trinajstić information content (AvgIpc) is 3.23. The first-order valence-electron chi connectivity index (χ1n) is 9.08. The van der Waals surface area contributed by atoms with Gasteiger partial charge >= 0.3 is 0 Å². The molecule has 0 radical (unpaired) electrons. The van der Waals surface area contributed by atoms with E-state index in [1.165, 1.54) is 4.31 Å². The van der Waals surface area contributed by atoms with Crippen molar-refractivity contribution in [2.45, 2.75) is 13.3 Å². The van der Waals surface area contributed by atoms with Gasteiger partial charge in [-0.3, -0.25) is 9.10 Å². The minimum Gasteiger partial charge on any atom is -0.306 e. The molecule has 1 aliphatic rings. The van der Waals surface area contributed by atoms with Gasteiger partial charge in [0, 0.05) is 23.2 Å². The second kappa shape index (κ2) is 7.53. The van der Waals surface area contributed by atoms with Crippen LogP contribution in [0.1, 0.15) is 22.5 Å². The van der Waals surface area contributed by atoms with Crippen LogP contribution >= 0.6 is 11.6 Å². The molecule has 2 aromatic carbocycles. The highest BCUT2D eigenvalue weighted by Crippen LogP contribution is 2.26. The highest BCUT2D eigenvalue weighted by atomic mass is 35.5. The minimum absolute atomic E-state index is 0.127. The fourth-order valence-electron chi connectivity index (χ4n) is 3.31. The van der Waals surface area contributed by atoms with Gasteiger partial charge in [-0.25, -0.2) is 13.1 Å². The quantitative estimate of drug-likeness (QED) is 0.685. The number of hydrogen-bond donors (Lipinski definition) is 1. The first-order chi connectivity index (χ1) is 13.8. The maximum absolute atomic E-state index is 12.9. The summed E-state index contributed by atoms with van der Waals surface area (Å²) in [7, 11) is -3.31. The fourth-order valence-corrected chi connectivity index (χ4v) is 5.05. The number of carbonyl (C=O) groups is 1. The number of amides is 1. The van der Waals surface area contributed by atoms with Crippen LogP contribution in [0.2, 0.25) is 5.02 Å². The Kier molecular flexibility index (Phi) is 5.06. The molecule has 1 amide bonds. The van der Waals surface area contributed by atoms with Crippen molar-refractivity contribution in [1.82, 2.24) is 9.78 Å². The Morgan fingerprint density at radius 2 is 1.86 bits per heavy atom.